The number of ether oxygens (including phenoxy) is 1. The molecule has 4 nitrogen and oxygen atoms in total. The minimum absolute atomic E-state index is 0.0778. The molecule has 3 aromatic rings. The van der Waals surface area contributed by atoms with Crippen molar-refractivity contribution in [2.24, 2.45) is 0 Å². The van der Waals surface area contributed by atoms with Crippen molar-refractivity contribution in [1.82, 2.24) is 9.97 Å². The number of aromatic amines is 1. The number of rotatable bonds is 3. The summed E-state index contributed by atoms with van der Waals surface area (Å²) in [5.74, 6) is 6.73. The highest BCUT2D eigenvalue weighted by molar-refractivity contribution is 5.84. The lowest BCUT2D eigenvalue weighted by molar-refractivity contribution is 0.305. The molecule has 2 N–H and O–H groups in total. The molecule has 3 rings (SSSR count). The van der Waals surface area contributed by atoms with Crippen molar-refractivity contribution >= 4 is 11.0 Å². The van der Waals surface area contributed by atoms with Crippen molar-refractivity contribution in [3.63, 3.8) is 0 Å². The van der Waals surface area contributed by atoms with Gasteiger partial charge in [0.25, 0.3) is 0 Å². The summed E-state index contributed by atoms with van der Waals surface area (Å²) >= 11 is 0. The Morgan fingerprint density at radius 2 is 2.05 bits per heavy atom. The van der Waals surface area contributed by atoms with Crippen LogP contribution in [0.25, 0.3) is 22.3 Å². The van der Waals surface area contributed by atoms with Gasteiger partial charge in [-0.05, 0) is 42.0 Å². The van der Waals surface area contributed by atoms with Gasteiger partial charge in [-0.15, -0.1) is 0 Å². The van der Waals surface area contributed by atoms with Gasteiger partial charge in [0.2, 0.25) is 0 Å². The topological polar surface area (TPSA) is 58.1 Å². The van der Waals surface area contributed by atoms with Crippen molar-refractivity contribution < 1.29 is 9.84 Å². The number of aromatic nitrogens is 2. The third-order valence-corrected chi connectivity index (χ3v) is 3.34. The Labute approximate surface area is 128 Å². The van der Waals surface area contributed by atoms with Crippen molar-refractivity contribution in [3.8, 4) is 28.8 Å². The first-order chi connectivity index (χ1) is 10.8. The summed E-state index contributed by atoms with van der Waals surface area (Å²) in [5, 5.41) is 9.77. The van der Waals surface area contributed by atoms with Crippen molar-refractivity contribution in [2.45, 2.75) is 6.42 Å². The largest absolute Gasteiger partial charge is 0.497 e. The summed E-state index contributed by atoms with van der Waals surface area (Å²) < 4.78 is 5.17. The molecule has 2 aromatic heterocycles. The van der Waals surface area contributed by atoms with Crippen LogP contribution in [0.3, 0.4) is 0 Å². The molecular formula is C18H16N2O2. The Kier molecular flexibility index (Phi) is 4.08. The monoisotopic (exact) mass is 292 g/mol. The SMILES string of the molecule is COc1ccc(-c2cc3cc(C#CCCO)cnc3[nH]2)cc1. The zero-order valence-corrected chi connectivity index (χ0v) is 12.3. The highest BCUT2D eigenvalue weighted by Crippen LogP contribution is 2.25. The first-order valence-corrected chi connectivity index (χ1v) is 7.03. The van der Waals surface area contributed by atoms with E-state index in [1.165, 1.54) is 0 Å². The highest BCUT2D eigenvalue weighted by atomic mass is 16.5. The zero-order valence-electron chi connectivity index (χ0n) is 12.3. The summed E-state index contributed by atoms with van der Waals surface area (Å²) in [6.45, 7) is 0.0778. The lowest BCUT2D eigenvalue weighted by atomic mass is 10.1. The number of aliphatic hydroxyl groups excluding tert-OH is 1. The second kappa shape index (κ2) is 6.33. The second-order valence-electron chi connectivity index (χ2n) is 4.85. The average Bonchev–Trinajstić information content (AvgIpc) is 2.98. The molecule has 22 heavy (non-hydrogen) atoms. The van der Waals surface area contributed by atoms with Crippen molar-refractivity contribution in [2.75, 3.05) is 13.7 Å². The fourth-order valence-electron chi connectivity index (χ4n) is 2.23. The fourth-order valence-corrected chi connectivity index (χ4v) is 2.23. The predicted octanol–water partition coefficient (Wildman–Crippen LogP) is 2.97. The van der Waals surface area contributed by atoms with Gasteiger partial charge in [0, 0.05) is 29.3 Å². The number of nitrogens with one attached hydrogen (secondary N) is 1. The number of pyridine rings is 1. The van der Waals surface area contributed by atoms with Gasteiger partial charge < -0.3 is 14.8 Å². The van der Waals surface area contributed by atoms with Gasteiger partial charge in [0.05, 0.1) is 13.7 Å². The van der Waals surface area contributed by atoms with E-state index in [0.29, 0.717) is 6.42 Å². The maximum absolute atomic E-state index is 8.75. The molecule has 110 valence electrons. The van der Waals surface area contributed by atoms with Crippen LogP contribution in [-0.4, -0.2) is 28.8 Å². The van der Waals surface area contributed by atoms with Crippen LogP contribution in [-0.2, 0) is 0 Å². The van der Waals surface area contributed by atoms with Gasteiger partial charge in [0.15, 0.2) is 0 Å². The number of methoxy groups -OCH3 is 1. The maximum Gasteiger partial charge on any atom is 0.137 e. The number of H-pyrrole nitrogens is 1. The molecular weight excluding hydrogens is 276 g/mol. The molecule has 0 atom stereocenters. The number of nitrogens with zero attached hydrogens (tertiary/aromatic N) is 1. The van der Waals surface area contributed by atoms with E-state index in [0.717, 1.165) is 33.6 Å². The molecule has 0 fully saturated rings. The smallest absolute Gasteiger partial charge is 0.137 e. The van der Waals surface area contributed by atoms with E-state index in [9.17, 15) is 0 Å². The van der Waals surface area contributed by atoms with Crippen LogP contribution in [0.1, 0.15) is 12.0 Å². The molecule has 4 heteroatoms. The first-order valence-electron chi connectivity index (χ1n) is 7.03. The van der Waals surface area contributed by atoms with Gasteiger partial charge in [-0.2, -0.15) is 0 Å². The predicted molar refractivity (Wildman–Crippen MR) is 86.7 cm³/mol. The van der Waals surface area contributed by atoms with E-state index in [1.807, 2.05) is 30.3 Å². The fraction of sp³-hybridized carbons (Fsp3) is 0.167. The number of fused-ring (bicyclic) bond motifs is 1. The third-order valence-electron chi connectivity index (χ3n) is 3.34. The normalized spacial score (nSPS) is 10.3. The van der Waals surface area contributed by atoms with Gasteiger partial charge in [-0.1, -0.05) is 11.8 Å². The van der Waals surface area contributed by atoms with Gasteiger partial charge in [-0.25, -0.2) is 4.98 Å². The Hall–Kier alpha value is -2.77. The number of hydrogen-bond donors (Lipinski definition) is 2. The number of hydrogen-bond acceptors (Lipinski definition) is 3. The van der Waals surface area contributed by atoms with E-state index >= 15 is 0 Å². The summed E-state index contributed by atoms with van der Waals surface area (Å²) in [6, 6.07) is 11.9. The average molecular weight is 292 g/mol. The molecule has 0 aliphatic heterocycles. The molecule has 0 saturated carbocycles. The minimum Gasteiger partial charge on any atom is -0.497 e. The number of aliphatic hydroxyl groups is 1. The maximum atomic E-state index is 8.75. The van der Waals surface area contributed by atoms with E-state index in [2.05, 4.69) is 27.9 Å². The first kappa shape index (κ1) is 14.2. The van der Waals surface area contributed by atoms with E-state index in [-0.39, 0.29) is 6.61 Å². The molecule has 0 aliphatic carbocycles. The van der Waals surface area contributed by atoms with E-state index < -0.39 is 0 Å². The second-order valence-corrected chi connectivity index (χ2v) is 4.85. The summed E-state index contributed by atoms with van der Waals surface area (Å²) in [6.07, 6.45) is 2.21. The Morgan fingerprint density at radius 1 is 1.23 bits per heavy atom. The third kappa shape index (κ3) is 2.95. The molecule has 0 unspecified atom stereocenters. The zero-order chi connectivity index (χ0) is 15.4. The lowest BCUT2D eigenvalue weighted by Gasteiger charge is -2.00. The summed E-state index contributed by atoms with van der Waals surface area (Å²) in [5.41, 5.74) is 3.76. The van der Waals surface area contributed by atoms with Crippen LogP contribution in [0.15, 0.2) is 42.6 Å². The molecule has 0 radical (unpaired) electrons. The quantitative estimate of drug-likeness (QED) is 0.730. The van der Waals surface area contributed by atoms with Gasteiger partial charge >= 0.3 is 0 Å². The van der Waals surface area contributed by atoms with Crippen LogP contribution in [0.2, 0.25) is 0 Å². The van der Waals surface area contributed by atoms with Crippen LogP contribution in [0.4, 0.5) is 0 Å². The lowest BCUT2D eigenvalue weighted by Crippen LogP contribution is -1.83. The molecule has 1 aromatic carbocycles. The van der Waals surface area contributed by atoms with Crippen LogP contribution < -0.4 is 4.74 Å². The highest BCUT2D eigenvalue weighted by Gasteiger charge is 2.05. The Morgan fingerprint density at radius 3 is 2.77 bits per heavy atom. The molecule has 0 spiro atoms. The van der Waals surface area contributed by atoms with Gasteiger partial charge in [-0.3, -0.25) is 0 Å². The molecule has 0 saturated heterocycles. The van der Waals surface area contributed by atoms with Gasteiger partial charge in [0.1, 0.15) is 11.4 Å². The van der Waals surface area contributed by atoms with Crippen LogP contribution >= 0.6 is 0 Å². The standard InChI is InChI=1S/C18H16N2O2/c1-22-16-7-5-14(6-8-16)17-11-15-10-13(4-2-3-9-21)12-19-18(15)20-17/h5-8,10-12,21H,3,9H2,1H3,(H,19,20). The summed E-state index contributed by atoms with van der Waals surface area (Å²) in [7, 11) is 1.65. The van der Waals surface area contributed by atoms with Crippen molar-refractivity contribution in [3.05, 3.63) is 48.2 Å². The van der Waals surface area contributed by atoms with Crippen LogP contribution in [0, 0.1) is 11.8 Å². The van der Waals surface area contributed by atoms with E-state index in [1.54, 1.807) is 13.3 Å². The molecule has 0 aliphatic rings. The molecule has 0 amide bonds. The van der Waals surface area contributed by atoms with Crippen molar-refractivity contribution in [1.29, 1.82) is 0 Å². The molecule has 2 heterocycles. The Balaban J connectivity index is 1.93. The number of benzene rings is 1. The van der Waals surface area contributed by atoms with Crippen LogP contribution in [0.5, 0.6) is 5.75 Å². The van der Waals surface area contributed by atoms with E-state index in [4.69, 9.17) is 9.84 Å². The molecule has 0 bridgehead atoms. The minimum atomic E-state index is 0.0778. The Bertz CT molecular complexity index is 839. The summed E-state index contributed by atoms with van der Waals surface area (Å²) in [4.78, 5) is 7.70.